The monoisotopic (exact) mass is 319 g/mol. The molecule has 0 spiro atoms. The summed E-state index contributed by atoms with van der Waals surface area (Å²) in [5.74, 6) is 2.02. The van der Waals surface area contributed by atoms with Crippen LogP contribution in [0.3, 0.4) is 0 Å². The van der Waals surface area contributed by atoms with Crippen molar-refractivity contribution in [3.8, 4) is 0 Å². The minimum Gasteiger partial charge on any atom is -0.367 e. The zero-order chi connectivity index (χ0) is 16.2. The average Bonchev–Trinajstić information content (AvgIpc) is 3.21. The number of nitrogens with zero attached hydrogens (tertiary/aromatic N) is 4. The van der Waals surface area contributed by atoms with Gasteiger partial charge < -0.3 is 19.1 Å². The molecule has 1 aliphatic heterocycles. The number of ether oxygens (including phenoxy) is 1. The molecule has 0 aliphatic carbocycles. The van der Waals surface area contributed by atoms with Gasteiger partial charge >= 0.3 is 0 Å². The zero-order valence-corrected chi connectivity index (χ0v) is 13.4. The quantitative estimate of drug-likeness (QED) is 0.889. The molecule has 8 nitrogen and oxygen atoms in total. The molecule has 3 rings (SSSR count). The van der Waals surface area contributed by atoms with E-state index in [9.17, 15) is 4.79 Å². The van der Waals surface area contributed by atoms with Gasteiger partial charge in [-0.2, -0.15) is 4.98 Å². The molecular weight excluding hydrogens is 298 g/mol. The topological polar surface area (TPSA) is 97.1 Å². The minimum absolute atomic E-state index is 0.0674. The average molecular weight is 319 g/mol. The maximum absolute atomic E-state index is 12.4. The van der Waals surface area contributed by atoms with Gasteiger partial charge in [-0.15, -0.1) is 0 Å². The fourth-order valence-corrected chi connectivity index (χ4v) is 2.55. The van der Waals surface area contributed by atoms with Gasteiger partial charge in [0.15, 0.2) is 5.82 Å². The van der Waals surface area contributed by atoms with Crippen LogP contribution in [0.2, 0.25) is 0 Å². The van der Waals surface area contributed by atoms with E-state index in [1.807, 2.05) is 18.7 Å². The number of aromatic amines is 1. The first kappa shape index (κ1) is 15.7. The van der Waals surface area contributed by atoms with Gasteiger partial charge in [0.2, 0.25) is 11.8 Å². The van der Waals surface area contributed by atoms with E-state index in [1.165, 1.54) is 0 Å². The summed E-state index contributed by atoms with van der Waals surface area (Å²) in [5, 5.41) is 3.84. The van der Waals surface area contributed by atoms with E-state index < -0.39 is 0 Å². The highest BCUT2D eigenvalue weighted by Gasteiger charge is 2.27. The first-order chi connectivity index (χ1) is 11.2. The van der Waals surface area contributed by atoms with Crippen LogP contribution in [0.1, 0.15) is 42.7 Å². The van der Waals surface area contributed by atoms with Crippen LogP contribution in [-0.4, -0.2) is 50.6 Å². The van der Waals surface area contributed by atoms with Crippen molar-refractivity contribution in [3.63, 3.8) is 0 Å². The lowest BCUT2D eigenvalue weighted by Crippen LogP contribution is -2.42. The van der Waals surface area contributed by atoms with Gasteiger partial charge in [-0.1, -0.05) is 12.1 Å². The Morgan fingerprint density at radius 2 is 2.39 bits per heavy atom. The van der Waals surface area contributed by atoms with Crippen LogP contribution in [0.4, 0.5) is 0 Å². The lowest BCUT2D eigenvalue weighted by Gasteiger charge is -2.32. The van der Waals surface area contributed by atoms with Gasteiger partial charge in [0.25, 0.3) is 0 Å². The predicted octanol–water partition coefficient (Wildman–Crippen LogP) is 1.20. The predicted molar refractivity (Wildman–Crippen MR) is 80.6 cm³/mol. The van der Waals surface area contributed by atoms with Gasteiger partial charge in [-0.3, -0.25) is 4.79 Å². The number of H-pyrrole nitrogens is 1. The molecule has 1 atom stereocenters. The van der Waals surface area contributed by atoms with E-state index in [-0.39, 0.29) is 12.0 Å². The van der Waals surface area contributed by atoms with Crippen molar-refractivity contribution in [1.82, 2.24) is 25.0 Å². The van der Waals surface area contributed by atoms with E-state index in [0.717, 1.165) is 17.9 Å². The van der Waals surface area contributed by atoms with Crippen LogP contribution < -0.4 is 0 Å². The van der Waals surface area contributed by atoms with Crippen LogP contribution >= 0.6 is 0 Å². The Morgan fingerprint density at radius 3 is 3.09 bits per heavy atom. The normalized spacial score (nSPS) is 18.3. The Balaban J connectivity index is 1.54. The van der Waals surface area contributed by atoms with Gasteiger partial charge in [-0.05, 0) is 6.92 Å². The van der Waals surface area contributed by atoms with Crippen molar-refractivity contribution >= 4 is 5.91 Å². The molecule has 0 radical (unpaired) electrons. The minimum atomic E-state index is -0.198. The molecule has 1 saturated heterocycles. The van der Waals surface area contributed by atoms with Gasteiger partial charge in [0, 0.05) is 37.7 Å². The fraction of sp³-hybridized carbons (Fsp3) is 0.600. The van der Waals surface area contributed by atoms with Crippen molar-refractivity contribution in [2.75, 3.05) is 19.7 Å². The Morgan fingerprint density at radius 1 is 1.52 bits per heavy atom. The van der Waals surface area contributed by atoms with E-state index in [2.05, 4.69) is 20.1 Å². The van der Waals surface area contributed by atoms with Crippen LogP contribution in [0.5, 0.6) is 0 Å². The SMILES string of the molecule is CCc1noc(CCC(=O)N2CCO[C@@H](c3ncc(C)[nH]3)C2)n1. The molecule has 8 heteroatoms. The summed E-state index contributed by atoms with van der Waals surface area (Å²) in [5.41, 5.74) is 0.982. The summed E-state index contributed by atoms with van der Waals surface area (Å²) < 4.78 is 10.8. The highest BCUT2D eigenvalue weighted by Crippen LogP contribution is 2.20. The summed E-state index contributed by atoms with van der Waals surface area (Å²) >= 11 is 0. The number of rotatable bonds is 5. The molecule has 0 unspecified atom stereocenters. The van der Waals surface area contributed by atoms with Gasteiger partial charge in [0.1, 0.15) is 11.9 Å². The number of imidazole rings is 1. The second-order valence-corrected chi connectivity index (χ2v) is 5.61. The summed E-state index contributed by atoms with van der Waals surface area (Å²) in [7, 11) is 0. The van der Waals surface area contributed by atoms with Gasteiger partial charge in [-0.25, -0.2) is 4.98 Å². The molecule has 1 fully saturated rings. The number of hydrogen-bond acceptors (Lipinski definition) is 6. The molecule has 23 heavy (non-hydrogen) atoms. The Bertz CT molecular complexity index is 666. The Labute approximate surface area is 134 Å². The summed E-state index contributed by atoms with van der Waals surface area (Å²) in [4.78, 5) is 25.9. The van der Waals surface area contributed by atoms with Crippen molar-refractivity contribution in [3.05, 3.63) is 29.4 Å². The Kier molecular flexibility index (Phi) is 4.71. The maximum Gasteiger partial charge on any atom is 0.227 e. The van der Waals surface area contributed by atoms with Crippen LogP contribution in [0.25, 0.3) is 0 Å². The molecule has 0 saturated carbocycles. The summed E-state index contributed by atoms with van der Waals surface area (Å²) in [6.45, 7) is 5.52. The van der Waals surface area contributed by atoms with Crippen LogP contribution in [-0.2, 0) is 22.4 Å². The molecule has 2 aromatic rings. The number of nitrogens with one attached hydrogen (secondary N) is 1. The standard InChI is InChI=1S/C15H21N5O3/c1-3-12-18-13(23-19-12)4-5-14(21)20-6-7-22-11(9-20)15-16-8-10(2)17-15/h8,11H,3-7,9H2,1-2H3,(H,16,17)/t11-/m1/s1. The third kappa shape index (κ3) is 3.76. The number of carbonyl (C=O) groups is 1. The highest BCUT2D eigenvalue weighted by atomic mass is 16.5. The summed E-state index contributed by atoms with van der Waals surface area (Å²) in [6, 6.07) is 0. The molecular formula is C15H21N5O3. The molecule has 1 amide bonds. The largest absolute Gasteiger partial charge is 0.367 e. The molecule has 3 heterocycles. The zero-order valence-electron chi connectivity index (χ0n) is 13.4. The van der Waals surface area contributed by atoms with E-state index in [1.54, 1.807) is 6.20 Å². The van der Waals surface area contributed by atoms with Gasteiger partial charge in [0.05, 0.1) is 13.2 Å². The smallest absolute Gasteiger partial charge is 0.227 e. The van der Waals surface area contributed by atoms with Crippen molar-refractivity contribution in [1.29, 1.82) is 0 Å². The first-order valence-electron chi connectivity index (χ1n) is 7.88. The third-order valence-electron chi connectivity index (χ3n) is 3.83. The molecule has 1 N–H and O–H groups in total. The van der Waals surface area contributed by atoms with Crippen LogP contribution in [0, 0.1) is 6.92 Å². The van der Waals surface area contributed by atoms with Crippen molar-refractivity contribution in [2.24, 2.45) is 0 Å². The maximum atomic E-state index is 12.4. The second-order valence-electron chi connectivity index (χ2n) is 5.61. The Hall–Kier alpha value is -2.22. The molecule has 124 valence electrons. The van der Waals surface area contributed by atoms with E-state index >= 15 is 0 Å². The summed E-state index contributed by atoms with van der Waals surface area (Å²) in [6.07, 6.45) is 3.12. The number of carbonyl (C=O) groups excluding carboxylic acids is 1. The number of hydrogen-bond donors (Lipinski definition) is 1. The number of aryl methyl sites for hydroxylation is 3. The number of morpholine rings is 1. The molecule has 2 aromatic heterocycles. The number of aromatic nitrogens is 4. The molecule has 0 aromatic carbocycles. The molecule has 0 bridgehead atoms. The number of amides is 1. The van der Waals surface area contributed by atoms with Crippen LogP contribution in [0.15, 0.2) is 10.7 Å². The lowest BCUT2D eigenvalue weighted by atomic mass is 10.2. The first-order valence-corrected chi connectivity index (χ1v) is 7.88. The van der Waals surface area contributed by atoms with E-state index in [4.69, 9.17) is 9.26 Å². The fourth-order valence-electron chi connectivity index (χ4n) is 2.55. The van der Waals surface area contributed by atoms with E-state index in [0.29, 0.717) is 44.3 Å². The van der Waals surface area contributed by atoms with Crippen molar-refractivity contribution in [2.45, 2.75) is 39.2 Å². The third-order valence-corrected chi connectivity index (χ3v) is 3.83. The second kappa shape index (κ2) is 6.91. The molecule has 1 aliphatic rings. The lowest BCUT2D eigenvalue weighted by molar-refractivity contribution is -0.139. The van der Waals surface area contributed by atoms with Crippen molar-refractivity contribution < 1.29 is 14.1 Å². The highest BCUT2D eigenvalue weighted by molar-refractivity contribution is 5.76.